The fourth-order valence-corrected chi connectivity index (χ4v) is 0.704. The third-order valence-electron chi connectivity index (χ3n) is 1.13. The Morgan fingerprint density at radius 2 is 2.36 bits per heavy atom. The van der Waals surface area contributed by atoms with Gasteiger partial charge in [0.05, 0.1) is 0 Å². The molecule has 0 spiro atoms. The standard InChI is InChI=1S/C8H10N2O/c1-4-5-9-8-6(2)11-7(3)10-8/h4-5H,2H2,1,3H3/b5-4-,9-8?. The number of rotatable bonds is 1. The molecule has 0 aromatic heterocycles. The van der Waals surface area contributed by atoms with E-state index in [-0.39, 0.29) is 0 Å². The van der Waals surface area contributed by atoms with Gasteiger partial charge in [-0.25, -0.2) is 4.99 Å². The number of aliphatic imine (C=N–C) groups is 2. The number of ether oxygens (including phenoxy) is 1. The molecular formula is C8H10N2O. The van der Waals surface area contributed by atoms with E-state index >= 15 is 0 Å². The van der Waals surface area contributed by atoms with E-state index in [1.165, 1.54) is 0 Å². The summed E-state index contributed by atoms with van der Waals surface area (Å²) >= 11 is 0. The van der Waals surface area contributed by atoms with Gasteiger partial charge in [-0.05, 0) is 6.92 Å². The number of hydrogen-bond donors (Lipinski definition) is 0. The van der Waals surface area contributed by atoms with E-state index in [9.17, 15) is 0 Å². The minimum atomic E-state index is 0.514. The summed E-state index contributed by atoms with van der Waals surface area (Å²) in [6.07, 6.45) is 3.48. The summed E-state index contributed by atoms with van der Waals surface area (Å²) in [5.74, 6) is 1.67. The normalized spacial score (nSPS) is 21.1. The van der Waals surface area contributed by atoms with Crippen LogP contribution in [-0.2, 0) is 4.74 Å². The molecule has 3 heteroatoms. The van der Waals surface area contributed by atoms with E-state index in [0.717, 1.165) is 0 Å². The first-order chi connectivity index (χ1) is 5.24. The molecule has 1 heterocycles. The van der Waals surface area contributed by atoms with Gasteiger partial charge in [-0.3, -0.25) is 0 Å². The molecule has 3 nitrogen and oxygen atoms in total. The topological polar surface area (TPSA) is 34.0 Å². The highest BCUT2D eigenvalue weighted by Gasteiger charge is 2.13. The molecule has 0 unspecified atom stereocenters. The van der Waals surface area contributed by atoms with Crippen molar-refractivity contribution in [3.8, 4) is 0 Å². The summed E-state index contributed by atoms with van der Waals surface area (Å²) in [7, 11) is 0. The van der Waals surface area contributed by atoms with Crippen LogP contribution in [0, 0.1) is 0 Å². The molecule has 0 fully saturated rings. The van der Waals surface area contributed by atoms with E-state index in [1.54, 1.807) is 13.1 Å². The molecule has 0 bridgehead atoms. The summed E-state index contributed by atoms with van der Waals surface area (Å²) in [6, 6.07) is 0. The molecule has 0 amide bonds. The van der Waals surface area contributed by atoms with Crippen LogP contribution in [0.15, 0.2) is 34.6 Å². The quantitative estimate of drug-likeness (QED) is 0.562. The lowest BCUT2D eigenvalue weighted by atomic mass is 10.5. The maximum Gasteiger partial charge on any atom is 0.198 e. The van der Waals surface area contributed by atoms with Crippen LogP contribution in [0.4, 0.5) is 0 Å². The van der Waals surface area contributed by atoms with Gasteiger partial charge in [0.1, 0.15) is 0 Å². The zero-order valence-corrected chi connectivity index (χ0v) is 6.66. The van der Waals surface area contributed by atoms with Crippen molar-refractivity contribution < 1.29 is 4.74 Å². The second kappa shape index (κ2) is 3.14. The SMILES string of the molecule is C=C1OC(C)=NC1=N/C=C\C. The van der Waals surface area contributed by atoms with Crippen molar-refractivity contribution in [2.45, 2.75) is 13.8 Å². The van der Waals surface area contributed by atoms with Crippen LogP contribution in [-0.4, -0.2) is 11.7 Å². The monoisotopic (exact) mass is 150 g/mol. The Balaban J connectivity index is 2.81. The smallest absolute Gasteiger partial charge is 0.198 e. The maximum absolute atomic E-state index is 5.06. The Labute approximate surface area is 65.8 Å². The van der Waals surface area contributed by atoms with Crippen LogP contribution >= 0.6 is 0 Å². The van der Waals surface area contributed by atoms with Gasteiger partial charge in [-0.15, -0.1) is 0 Å². The van der Waals surface area contributed by atoms with Crippen LogP contribution in [0.3, 0.4) is 0 Å². The summed E-state index contributed by atoms with van der Waals surface area (Å²) in [6.45, 7) is 7.29. The molecule has 11 heavy (non-hydrogen) atoms. The van der Waals surface area contributed by atoms with Crippen LogP contribution < -0.4 is 0 Å². The van der Waals surface area contributed by atoms with Crippen molar-refractivity contribution in [1.29, 1.82) is 0 Å². The summed E-state index contributed by atoms with van der Waals surface area (Å²) in [5.41, 5.74) is 0. The van der Waals surface area contributed by atoms with E-state index in [1.807, 2.05) is 13.0 Å². The molecule has 0 aliphatic carbocycles. The molecule has 1 aliphatic heterocycles. The Kier molecular flexibility index (Phi) is 2.21. The fraction of sp³-hybridized carbons (Fsp3) is 0.250. The van der Waals surface area contributed by atoms with Gasteiger partial charge in [0, 0.05) is 13.1 Å². The second-order valence-corrected chi connectivity index (χ2v) is 2.09. The number of nitrogens with zero attached hydrogens (tertiary/aromatic N) is 2. The lowest BCUT2D eigenvalue weighted by Gasteiger charge is -1.91. The summed E-state index contributed by atoms with van der Waals surface area (Å²) in [5, 5.41) is 0. The van der Waals surface area contributed by atoms with Crippen LogP contribution in [0.1, 0.15) is 13.8 Å². The van der Waals surface area contributed by atoms with Gasteiger partial charge in [-0.2, -0.15) is 4.99 Å². The molecule has 0 aromatic rings. The third kappa shape index (κ3) is 1.77. The van der Waals surface area contributed by atoms with E-state index < -0.39 is 0 Å². The zero-order valence-electron chi connectivity index (χ0n) is 6.66. The third-order valence-corrected chi connectivity index (χ3v) is 1.13. The highest BCUT2D eigenvalue weighted by atomic mass is 16.5. The van der Waals surface area contributed by atoms with Gasteiger partial charge in [-0.1, -0.05) is 12.7 Å². The Morgan fingerprint density at radius 3 is 2.82 bits per heavy atom. The molecule has 1 rings (SSSR count). The molecule has 0 saturated heterocycles. The Hall–Kier alpha value is -1.38. The average Bonchev–Trinajstić information content (AvgIpc) is 2.26. The van der Waals surface area contributed by atoms with Gasteiger partial charge >= 0.3 is 0 Å². The predicted molar refractivity (Wildman–Crippen MR) is 45.6 cm³/mol. The van der Waals surface area contributed by atoms with Crippen molar-refractivity contribution in [2.75, 3.05) is 0 Å². The average molecular weight is 150 g/mol. The number of hydrogen-bond acceptors (Lipinski definition) is 2. The van der Waals surface area contributed by atoms with E-state index in [0.29, 0.717) is 17.5 Å². The Morgan fingerprint density at radius 1 is 1.64 bits per heavy atom. The zero-order chi connectivity index (χ0) is 8.27. The Bertz CT molecular complexity index is 261. The number of allylic oxidation sites excluding steroid dienone is 1. The first-order valence-electron chi connectivity index (χ1n) is 3.35. The number of amidine groups is 1. The minimum absolute atomic E-state index is 0.514. The largest absolute Gasteiger partial charge is 0.440 e. The van der Waals surface area contributed by atoms with Crippen LogP contribution in [0.5, 0.6) is 0 Å². The highest BCUT2D eigenvalue weighted by molar-refractivity contribution is 6.08. The first kappa shape index (κ1) is 7.72. The van der Waals surface area contributed by atoms with Crippen molar-refractivity contribution >= 4 is 11.7 Å². The first-order valence-corrected chi connectivity index (χ1v) is 3.35. The summed E-state index contributed by atoms with van der Waals surface area (Å²) < 4.78 is 5.06. The predicted octanol–water partition coefficient (Wildman–Crippen LogP) is 1.88. The highest BCUT2D eigenvalue weighted by Crippen LogP contribution is 2.09. The fourth-order valence-electron chi connectivity index (χ4n) is 0.704. The van der Waals surface area contributed by atoms with E-state index in [4.69, 9.17) is 4.74 Å². The van der Waals surface area contributed by atoms with Gasteiger partial charge < -0.3 is 4.74 Å². The molecule has 0 aromatic carbocycles. The molecular weight excluding hydrogens is 140 g/mol. The van der Waals surface area contributed by atoms with Crippen molar-refractivity contribution in [2.24, 2.45) is 9.98 Å². The minimum Gasteiger partial charge on any atom is -0.440 e. The molecule has 0 N–H and O–H groups in total. The molecule has 0 radical (unpaired) electrons. The van der Waals surface area contributed by atoms with Crippen LogP contribution in [0.25, 0.3) is 0 Å². The molecule has 1 aliphatic rings. The van der Waals surface area contributed by atoms with Crippen molar-refractivity contribution in [3.05, 3.63) is 24.6 Å². The molecule has 58 valence electrons. The summed E-state index contributed by atoms with van der Waals surface area (Å²) in [4.78, 5) is 8.00. The second-order valence-electron chi connectivity index (χ2n) is 2.09. The van der Waals surface area contributed by atoms with Gasteiger partial charge in [0.2, 0.25) is 0 Å². The lowest BCUT2D eigenvalue weighted by molar-refractivity contribution is 0.458. The maximum atomic E-state index is 5.06. The van der Waals surface area contributed by atoms with E-state index in [2.05, 4.69) is 16.6 Å². The van der Waals surface area contributed by atoms with Crippen LogP contribution in [0.2, 0.25) is 0 Å². The van der Waals surface area contributed by atoms with Crippen molar-refractivity contribution in [1.82, 2.24) is 0 Å². The lowest BCUT2D eigenvalue weighted by Crippen LogP contribution is -1.91. The molecule has 0 saturated carbocycles. The molecule has 0 atom stereocenters. The van der Waals surface area contributed by atoms with Crippen molar-refractivity contribution in [3.63, 3.8) is 0 Å². The van der Waals surface area contributed by atoms with Gasteiger partial charge in [0.15, 0.2) is 17.5 Å². The van der Waals surface area contributed by atoms with Gasteiger partial charge in [0.25, 0.3) is 0 Å².